The maximum Gasteiger partial charge on any atom is 2.00 e. The van der Waals surface area contributed by atoms with Gasteiger partial charge in [-0.1, -0.05) is 0 Å². The Morgan fingerprint density at radius 2 is 2.15 bits per heavy atom. The molecule has 4 atom stereocenters. The molecule has 2 fully saturated rings. The molecule has 0 amide bonds. The van der Waals surface area contributed by atoms with Gasteiger partial charge in [-0.25, -0.2) is 0 Å². The summed E-state index contributed by atoms with van der Waals surface area (Å²) < 4.78 is 5.69. The Morgan fingerprint density at radius 3 is 2.77 bits per heavy atom. The van der Waals surface area contributed by atoms with E-state index in [0.29, 0.717) is 5.85 Å². The van der Waals surface area contributed by atoms with Crippen molar-refractivity contribution in [2.75, 3.05) is 13.2 Å². The molecule has 0 spiro atoms. The van der Waals surface area contributed by atoms with Gasteiger partial charge in [-0.05, 0) is 34.1 Å². The van der Waals surface area contributed by atoms with Crippen molar-refractivity contribution in [3.63, 3.8) is 0 Å². The van der Waals surface area contributed by atoms with E-state index in [2.05, 4.69) is 5.09 Å². The van der Waals surface area contributed by atoms with E-state index in [1.165, 1.54) is 6.42 Å². The third-order valence-corrected chi connectivity index (χ3v) is 4.94. The number of hydrogen-bond donors (Lipinski definition) is 1. The average molecular weight is 426 g/mol. The van der Waals surface area contributed by atoms with Crippen molar-refractivity contribution >= 4 is 8.07 Å². The fourth-order valence-corrected chi connectivity index (χ4v) is 3.98. The maximum atomic E-state index is 7.74. The van der Waals surface area contributed by atoms with Crippen LogP contribution in [0.2, 0.25) is 0 Å². The summed E-state index contributed by atoms with van der Waals surface area (Å²) in [6.07, 6.45) is 3.57. The Morgan fingerprint density at radius 1 is 1.46 bits per heavy atom. The molecule has 2 rings (SSSR count). The van der Waals surface area contributed by atoms with E-state index in [9.17, 15) is 0 Å². The molecular formula is C8H17N2OPU. The minimum atomic E-state index is -0.190. The van der Waals surface area contributed by atoms with Gasteiger partial charge in [0.25, 0.3) is 0 Å². The van der Waals surface area contributed by atoms with E-state index in [0.717, 1.165) is 12.6 Å². The molecule has 5 heteroatoms. The van der Waals surface area contributed by atoms with Gasteiger partial charge >= 0.3 is 31.1 Å². The zero-order valence-corrected chi connectivity index (χ0v) is 13.3. The Hall–Kier alpha value is 1.36. The third kappa shape index (κ3) is 2.91. The molecule has 0 aliphatic carbocycles. The SMILES string of the molecule is CNP1CC([NH-])C2CCC1O2.[CH3-].[U+2]. The largest absolute Gasteiger partial charge is 2.00 e. The van der Waals surface area contributed by atoms with Gasteiger partial charge in [0, 0.05) is 6.10 Å². The first-order chi connectivity index (χ1) is 5.31. The number of fused-ring (bicyclic) bond motifs is 2. The van der Waals surface area contributed by atoms with E-state index >= 15 is 0 Å². The number of nitrogens with one attached hydrogen (secondary N) is 2. The van der Waals surface area contributed by atoms with Crippen LogP contribution in [-0.4, -0.2) is 31.2 Å². The van der Waals surface area contributed by atoms with E-state index in [4.69, 9.17) is 10.5 Å². The van der Waals surface area contributed by atoms with Crippen LogP contribution in [0.4, 0.5) is 0 Å². The van der Waals surface area contributed by atoms with Gasteiger partial charge in [-0.15, -0.1) is 6.04 Å². The summed E-state index contributed by atoms with van der Waals surface area (Å²) in [5.41, 5.74) is 7.74. The first kappa shape index (κ1) is 14.4. The van der Waals surface area contributed by atoms with Crippen molar-refractivity contribution in [1.82, 2.24) is 5.09 Å². The molecule has 74 valence electrons. The number of ether oxygens (including phenoxy) is 1. The van der Waals surface area contributed by atoms with Crippen molar-refractivity contribution in [2.45, 2.75) is 30.8 Å². The van der Waals surface area contributed by atoms with Gasteiger partial charge in [-0.2, -0.15) is 0 Å². The van der Waals surface area contributed by atoms with E-state index in [1.54, 1.807) is 0 Å². The Kier molecular flexibility index (Phi) is 6.69. The molecule has 2 bridgehead atoms. The Bertz CT molecular complexity index is 161. The molecule has 0 saturated carbocycles. The Labute approximate surface area is 106 Å². The van der Waals surface area contributed by atoms with Crippen LogP contribution in [-0.2, 0) is 4.74 Å². The van der Waals surface area contributed by atoms with Gasteiger partial charge in [0.15, 0.2) is 0 Å². The molecular weight excluding hydrogens is 409 g/mol. The number of rotatable bonds is 1. The summed E-state index contributed by atoms with van der Waals surface area (Å²) in [7, 11) is 1.80. The molecule has 0 aromatic rings. The smallest absolute Gasteiger partial charge is 0.672 e. The quantitative estimate of drug-likeness (QED) is 0.515. The summed E-state index contributed by atoms with van der Waals surface area (Å²) in [6, 6.07) is 0.0345. The molecule has 2 heterocycles. The van der Waals surface area contributed by atoms with Crippen LogP contribution in [0.25, 0.3) is 5.73 Å². The normalized spacial score (nSPS) is 42.0. The van der Waals surface area contributed by atoms with Crippen molar-refractivity contribution in [2.24, 2.45) is 0 Å². The van der Waals surface area contributed by atoms with Crippen LogP contribution in [0.1, 0.15) is 12.8 Å². The van der Waals surface area contributed by atoms with Crippen LogP contribution in [0, 0.1) is 38.5 Å². The number of hydrogen-bond acceptors (Lipinski definition) is 2. The first-order valence-electron chi connectivity index (χ1n) is 4.12. The van der Waals surface area contributed by atoms with Crippen LogP contribution in [0.3, 0.4) is 0 Å². The van der Waals surface area contributed by atoms with Crippen LogP contribution >= 0.6 is 8.07 Å². The zero-order valence-electron chi connectivity index (χ0n) is 8.21. The van der Waals surface area contributed by atoms with E-state index in [1.807, 2.05) is 7.05 Å². The van der Waals surface area contributed by atoms with Crippen molar-refractivity contribution in [3.05, 3.63) is 13.2 Å². The molecule has 2 aliphatic heterocycles. The van der Waals surface area contributed by atoms with Gasteiger partial charge in [0.05, 0.1) is 5.85 Å². The predicted molar refractivity (Wildman–Crippen MR) is 53.3 cm³/mol. The van der Waals surface area contributed by atoms with Crippen molar-refractivity contribution in [3.8, 4) is 0 Å². The minimum Gasteiger partial charge on any atom is -0.672 e. The standard InChI is InChI=1S/C7H14N2OP.CH3.U/c1-9-11-4-5(8)6-2-3-7(11)10-6;;/h5-9H,2-4H2,1H3;1H3;/q2*-1;+2. The van der Waals surface area contributed by atoms with Gasteiger partial charge in [0.1, 0.15) is 0 Å². The molecule has 2 saturated heterocycles. The predicted octanol–water partition coefficient (Wildman–Crippen LogP) is 1.99. The summed E-state index contributed by atoms with van der Waals surface area (Å²) in [4.78, 5) is 0. The van der Waals surface area contributed by atoms with E-state index in [-0.39, 0.29) is 58.8 Å². The maximum absolute atomic E-state index is 7.74. The summed E-state index contributed by atoms with van der Waals surface area (Å²) >= 11 is 0. The third-order valence-electron chi connectivity index (χ3n) is 2.51. The van der Waals surface area contributed by atoms with E-state index < -0.39 is 0 Å². The molecule has 4 unspecified atom stereocenters. The molecule has 13 heavy (non-hydrogen) atoms. The van der Waals surface area contributed by atoms with Crippen molar-refractivity contribution in [1.29, 1.82) is 0 Å². The summed E-state index contributed by atoms with van der Waals surface area (Å²) in [6.45, 7) is 0. The monoisotopic (exact) mass is 426 g/mol. The van der Waals surface area contributed by atoms with Crippen LogP contribution in [0.5, 0.6) is 0 Å². The van der Waals surface area contributed by atoms with Crippen LogP contribution < -0.4 is 5.09 Å². The fourth-order valence-electron chi connectivity index (χ4n) is 1.85. The zero-order chi connectivity index (χ0) is 7.84. The molecule has 2 aliphatic rings. The first-order valence-corrected chi connectivity index (χ1v) is 5.71. The second kappa shape index (κ2) is 6.06. The molecule has 3 nitrogen and oxygen atoms in total. The minimum absolute atomic E-state index is 0. The average Bonchev–Trinajstić information content (AvgIpc) is 2.43. The van der Waals surface area contributed by atoms with Gasteiger partial charge in [-0.3, -0.25) is 5.09 Å². The summed E-state index contributed by atoms with van der Waals surface area (Å²) in [5, 5.41) is 3.28. The molecule has 0 radical (unpaired) electrons. The van der Waals surface area contributed by atoms with Gasteiger partial charge in [0.2, 0.25) is 0 Å². The fraction of sp³-hybridized carbons (Fsp3) is 0.875. The topological polar surface area (TPSA) is 45.1 Å². The van der Waals surface area contributed by atoms with Crippen molar-refractivity contribution < 1.29 is 35.9 Å². The second-order valence-corrected chi connectivity index (χ2v) is 5.52. The van der Waals surface area contributed by atoms with Gasteiger partial charge < -0.3 is 17.9 Å². The second-order valence-electron chi connectivity index (χ2n) is 3.19. The van der Waals surface area contributed by atoms with Crippen LogP contribution in [0.15, 0.2) is 0 Å². The molecule has 0 aromatic carbocycles. The molecule has 0 aromatic heterocycles. The molecule has 2 N–H and O–H groups in total. The summed E-state index contributed by atoms with van der Waals surface area (Å²) in [5.74, 6) is 0.460. The Balaban J connectivity index is 0.000000720.